The van der Waals surface area contributed by atoms with Gasteiger partial charge in [-0.2, -0.15) is 0 Å². The molecule has 7 nitrogen and oxygen atoms in total. The van der Waals surface area contributed by atoms with E-state index in [0.717, 1.165) is 11.3 Å². The van der Waals surface area contributed by atoms with Gasteiger partial charge in [0.15, 0.2) is 0 Å². The van der Waals surface area contributed by atoms with Crippen LogP contribution in [0.4, 0.5) is 10.8 Å². The second-order valence-corrected chi connectivity index (χ2v) is 8.58. The van der Waals surface area contributed by atoms with Crippen LogP contribution in [0.25, 0.3) is 0 Å². The zero-order valence-electron chi connectivity index (χ0n) is 17.1. The fourth-order valence-corrected chi connectivity index (χ4v) is 4.43. The van der Waals surface area contributed by atoms with Crippen LogP contribution in [0.1, 0.15) is 40.2 Å². The number of hydrogen-bond donors (Lipinski definition) is 1. The summed E-state index contributed by atoms with van der Waals surface area (Å²) in [6.45, 7) is 4.74. The van der Waals surface area contributed by atoms with E-state index < -0.39 is 0 Å². The van der Waals surface area contributed by atoms with Crippen LogP contribution in [-0.2, 0) is 4.79 Å². The van der Waals surface area contributed by atoms with Crippen molar-refractivity contribution in [1.29, 1.82) is 0 Å². The van der Waals surface area contributed by atoms with E-state index >= 15 is 0 Å². The van der Waals surface area contributed by atoms with Crippen molar-refractivity contribution < 1.29 is 14.3 Å². The Morgan fingerprint density at radius 2 is 2.10 bits per heavy atom. The van der Waals surface area contributed by atoms with Gasteiger partial charge >= 0.3 is 0 Å². The first-order chi connectivity index (χ1) is 15.0. The Kier molecular flexibility index (Phi) is 6.20. The van der Waals surface area contributed by atoms with Crippen LogP contribution in [0.5, 0.6) is 5.75 Å². The maximum absolute atomic E-state index is 12.7. The Hall–Kier alpha value is -2.97. The molecule has 1 aliphatic rings. The monoisotopic (exact) mass is 456 g/mol. The van der Waals surface area contributed by atoms with E-state index in [1.165, 1.54) is 11.3 Å². The maximum Gasteiger partial charge on any atom is 0.261 e. The minimum atomic E-state index is -0.315. The Labute approximate surface area is 189 Å². The summed E-state index contributed by atoms with van der Waals surface area (Å²) in [5.74, 6) is 0.119. The van der Waals surface area contributed by atoms with Crippen molar-refractivity contribution in [3.05, 3.63) is 63.6 Å². The molecule has 1 fully saturated rings. The van der Waals surface area contributed by atoms with Gasteiger partial charge in [-0.15, -0.1) is 10.2 Å². The molecule has 1 aliphatic heterocycles. The summed E-state index contributed by atoms with van der Waals surface area (Å²) >= 11 is 7.50. The fourth-order valence-electron chi connectivity index (χ4n) is 3.42. The van der Waals surface area contributed by atoms with Crippen molar-refractivity contribution in [1.82, 2.24) is 10.2 Å². The number of anilines is 2. The molecule has 1 unspecified atom stereocenters. The number of benzene rings is 2. The lowest BCUT2D eigenvalue weighted by Gasteiger charge is -2.17. The summed E-state index contributed by atoms with van der Waals surface area (Å²) < 4.78 is 5.52. The van der Waals surface area contributed by atoms with Crippen molar-refractivity contribution in [2.24, 2.45) is 0 Å². The first kappa shape index (κ1) is 21.3. The number of amides is 2. The third-order valence-corrected chi connectivity index (χ3v) is 6.44. The number of ether oxygens (including phenoxy) is 1. The average Bonchev–Trinajstić information content (AvgIpc) is 3.37. The Bertz CT molecular complexity index is 1130. The van der Waals surface area contributed by atoms with Crippen molar-refractivity contribution in [3.63, 3.8) is 0 Å². The first-order valence-electron chi connectivity index (χ1n) is 9.89. The van der Waals surface area contributed by atoms with Gasteiger partial charge in [-0.3, -0.25) is 14.9 Å². The number of nitrogens with zero attached hydrogens (tertiary/aromatic N) is 3. The molecule has 1 aromatic heterocycles. The predicted octanol–water partition coefficient (Wildman–Crippen LogP) is 4.67. The van der Waals surface area contributed by atoms with Crippen LogP contribution in [0.3, 0.4) is 0 Å². The van der Waals surface area contributed by atoms with Crippen LogP contribution >= 0.6 is 22.9 Å². The highest BCUT2D eigenvalue weighted by atomic mass is 35.5. The summed E-state index contributed by atoms with van der Waals surface area (Å²) in [6.07, 6.45) is 0.335. The highest BCUT2D eigenvalue weighted by molar-refractivity contribution is 7.15. The molecular weight excluding hydrogens is 436 g/mol. The van der Waals surface area contributed by atoms with Crippen LogP contribution in [0, 0.1) is 6.92 Å². The van der Waals surface area contributed by atoms with Crippen molar-refractivity contribution in [2.45, 2.75) is 26.2 Å². The van der Waals surface area contributed by atoms with Crippen molar-refractivity contribution >= 4 is 45.6 Å². The summed E-state index contributed by atoms with van der Waals surface area (Å²) in [7, 11) is 0. The minimum absolute atomic E-state index is 0.0105. The number of hydrogen-bond acceptors (Lipinski definition) is 6. The lowest BCUT2D eigenvalue weighted by atomic mass is 10.1. The van der Waals surface area contributed by atoms with E-state index in [-0.39, 0.29) is 17.7 Å². The second-order valence-electron chi connectivity index (χ2n) is 7.17. The van der Waals surface area contributed by atoms with Crippen LogP contribution < -0.4 is 15.0 Å². The number of carbonyl (C=O) groups is 2. The van der Waals surface area contributed by atoms with Gasteiger partial charge in [-0.1, -0.05) is 41.1 Å². The van der Waals surface area contributed by atoms with Crippen molar-refractivity contribution in [2.75, 3.05) is 23.4 Å². The number of aromatic nitrogens is 2. The zero-order valence-corrected chi connectivity index (χ0v) is 18.7. The summed E-state index contributed by atoms with van der Waals surface area (Å²) in [5, 5.41) is 12.8. The number of rotatable bonds is 6. The molecule has 2 heterocycles. The lowest BCUT2D eigenvalue weighted by molar-refractivity contribution is -0.117. The van der Waals surface area contributed by atoms with Gasteiger partial charge in [0.1, 0.15) is 10.8 Å². The fraction of sp³-hybridized carbons (Fsp3) is 0.273. The summed E-state index contributed by atoms with van der Waals surface area (Å²) in [5.41, 5.74) is 2.16. The largest absolute Gasteiger partial charge is 0.493 e. The maximum atomic E-state index is 12.7. The van der Waals surface area contributed by atoms with Gasteiger partial charge in [0.2, 0.25) is 11.0 Å². The van der Waals surface area contributed by atoms with E-state index in [1.54, 1.807) is 29.2 Å². The van der Waals surface area contributed by atoms with Crippen LogP contribution in [0.2, 0.25) is 5.02 Å². The number of carbonyl (C=O) groups excluding carboxylic acids is 2. The topological polar surface area (TPSA) is 84.4 Å². The first-order valence-corrected chi connectivity index (χ1v) is 11.1. The van der Waals surface area contributed by atoms with Crippen molar-refractivity contribution in [3.8, 4) is 5.75 Å². The molecule has 0 aliphatic carbocycles. The minimum Gasteiger partial charge on any atom is -0.493 e. The molecule has 3 aromatic rings. The van der Waals surface area contributed by atoms with Gasteiger partial charge in [-0.05, 0) is 43.7 Å². The molecule has 0 saturated carbocycles. The van der Waals surface area contributed by atoms with Gasteiger partial charge < -0.3 is 9.64 Å². The average molecular weight is 457 g/mol. The Morgan fingerprint density at radius 1 is 1.29 bits per heavy atom. The molecule has 1 atom stereocenters. The molecule has 1 N–H and O–H groups in total. The van der Waals surface area contributed by atoms with E-state index in [2.05, 4.69) is 15.5 Å². The molecule has 2 aromatic carbocycles. The molecule has 31 heavy (non-hydrogen) atoms. The van der Waals surface area contributed by atoms with E-state index in [0.29, 0.717) is 46.0 Å². The molecule has 0 bridgehead atoms. The summed E-state index contributed by atoms with van der Waals surface area (Å²) in [6, 6.07) is 12.6. The third kappa shape index (κ3) is 4.55. The van der Waals surface area contributed by atoms with E-state index in [1.807, 2.05) is 32.0 Å². The van der Waals surface area contributed by atoms with Gasteiger partial charge in [0.05, 0.1) is 12.2 Å². The lowest BCUT2D eigenvalue weighted by Crippen LogP contribution is -2.24. The van der Waals surface area contributed by atoms with Gasteiger partial charge in [0, 0.05) is 29.6 Å². The molecule has 0 spiro atoms. The Morgan fingerprint density at radius 3 is 2.87 bits per heavy atom. The third-order valence-electron chi connectivity index (χ3n) is 5.03. The molecular formula is C22H21ClN4O3S. The molecule has 2 amide bonds. The quantitative estimate of drug-likeness (QED) is 0.582. The van der Waals surface area contributed by atoms with E-state index in [9.17, 15) is 9.59 Å². The van der Waals surface area contributed by atoms with Crippen LogP contribution in [-0.4, -0.2) is 35.2 Å². The zero-order chi connectivity index (χ0) is 22.0. The standard InChI is InChI=1S/C22H21ClN4O3S/c1-3-30-18-7-5-4-6-16(18)20(29)24-22-26-25-21(31-22)14-10-19(28)27(12-14)15-9-8-13(2)17(23)11-15/h4-9,11,14H,3,10,12H2,1-2H3,(H,24,26,29). The molecule has 0 radical (unpaired) electrons. The summed E-state index contributed by atoms with van der Waals surface area (Å²) in [4.78, 5) is 27.0. The molecule has 1 saturated heterocycles. The number of nitrogens with one attached hydrogen (secondary N) is 1. The molecule has 160 valence electrons. The smallest absolute Gasteiger partial charge is 0.261 e. The predicted molar refractivity (Wildman–Crippen MR) is 121 cm³/mol. The number of para-hydroxylation sites is 1. The molecule has 9 heteroatoms. The molecule has 4 rings (SSSR count). The van der Waals surface area contributed by atoms with E-state index in [4.69, 9.17) is 16.3 Å². The van der Waals surface area contributed by atoms with Gasteiger partial charge in [-0.25, -0.2) is 0 Å². The van der Waals surface area contributed by atoms with Crippen LogP contribution in [0.15, 0.2) is 42.5 Å². The van der Waals surface area contributed by atoms with Gasteiger partial charge in [0.25, 0.3) is 5.91 Å². The second kappa shape index (κ2) is 9.03. The Balaban J connectivity index is 1.46. The SMILES string of the molecule is CCOc1ccccc1C(=O)Nc1nnc(C2CC(=O)N(c3ccc(C)c(Cl)c3)C2)s1. The normalized spacial score (nSPS) is 15.9. The number of halogens is 1. The highest BCUT2D eigenvalue weighted by Crippen LogP contribution is 2.35. The number of aryl methyl sites for hydroxylation is 1. The highest BCUT2D eigenvalue weighted by Gasteiger charge is 2.34.